The van der Waals surface area contributed by atoms with Crippen molar-refractivity contribution in [2.75, 3.05) is 34.0 Å². The Kier molecular flexibility index (Phi) is 9.23. The maximum atomic E-state index is 12.1. The maximum absolute atomic E-state index is 12.1. The van der Waals surface area contributed by atoms with Crippen molar-refractivity contribution in [2.24, 2.45) is 11.8 Å². The van der Waals surface area contributed by atoms with Gasteiger partial charge in [0.25, 0.3) is 0 Å². The van der Waals surface area contributed by atoms with E-state index >= 15 is 0 Å². The van der Waals surface area contributed by atoms with Gasteiger partial charge in [0, 0.05) is 20.1 Å². The number of benzene rings is 1. The minimum atomic E-state index is -0.167. The fourth-order valence-corrected chi connectivity index (χ4v) is 2.44. The van der Waals surface area contributed by atoms with Gasteiger partial charge in [0.05, 0.1) is 26.2 Å². The van der Waals surface area contributed by atoms with Crippen LogP contribution < -0.4 is 9.47 Å². The van der Waals surface area contributed by atoms with Crippen molar-refractivity contribution in [1.82, 2.24) is 0 Å². The molecule has 0 amide bonds. The molecule has 1 atom stereocenters. The lowest BCUT2D eigenvalue weighted by molar-refractivity contribution is -0.149. The van der Waals surface area contributed by atoms with Crippen molar-refractivity contribution in [1.29, 1.82) is 0 Å². The number of rotatable bonds is 11. The lowest BCUT2D eigenvalue weighted by Gasteiger charge is -2.20. The van der Waals surface area contributed by atoms with E-state index in [1.165, 1.54) is 0 Å². The highest BCUT2D eigenvalue weighted by Gasteiger charge is 2.24. The second-order valence-electron chi connectivity index (χ2n) is 5.99. The summed E-state index contributed by atoms with van der Waals surface area (Å²) in [5, 5.41) is 0. The molecule has 136 valence electrons. The monoisotopic (exact) mass is 338 g/mol. The molecule has 0 radical (unpaired) electrons. The number of ether oxygens (including phenoxy) is 4. The molecule has 0 aliphatic heterocycles. The SMILES string of the molecule is CCOC(=O)C(Cc1ccc(OC)c(OCCCOC)c1)C(C)C. The van der Waals surface area contributed by atoms with Crippen LogP contribution in [0.2, 0.25) is 0 Å². The van der Waals surface area contributed by atoms with Crippen molar-refractivity contribution in [2.45, 2.75) is 33.6 Å². The van der Waals surface area contributed by atoms with Crippen LogP contribution in [0, 0.1) is 11.8 Å². The summed E-state index contributed by atoms with van der Waals surface area (Å²) in [5.41, 5.74) is 1.03. The van der Waals surface area contributed by atoms with Gasteiger partial charge < -0.3 is 18.9 Å². The smallest absolute Gasteiger partial charge is 0.309 e. The molecular weight excluding hydrogens is 308 g/mol. The van der Waals surface area contributed by atoms with Crippen LogP contribution in [-0.2, 0) is 20.7 Å². The highest BCUT2D eigenvalue weighted by molar-refractivity contribution is 5.73. The summed E-state index contributed by atoms with van der Waals surface area (Å²) >= 11 is 0. The first kappa shape index (κ1) is 20.3. The molecule has 0 bridgehead atoms. The van der Waals surface area contributed by atoms with Gasteiger partial charge >= 0.3 is 5.97 Å². The summed E-state index contributed by atoms with van der Waals surface area (Å²) in [4.78, 5) is 12.1. The van der Waals surface area contributed by atoms with E-state index in [1.807, 2.05) is 39.0 Å². The molecule has 0 aliphatic carbocycles. The van der Waals surface area contributed by atoms with Crippen molar-refractivity contribution in [3.63, 3.8) is 0 Å². The van der Waals surface area contributed by atoms with Gasteiger partial charge in [-0.15, -0.1) is 0 Å². The van der Waals surface area contributed by atoms with Crippen molar-refractivity contribution < 1.29 is 23.7 Å². The zero-order chi connectivity index (χ0) is 17.9. The number of methoxy groups -OCH3 is 2. The normalized spacial score (nSPS) is 12.1. The summed E-state index contributed by atoms with van der Waals surface area (Å²) in [7, 11) is 3.29. The Labute approximate surface area is 145 Å². The van der Waals surface area contributed by atoms with Gasteiger partial charge in [-0.2, -0.15) is 0 Å². The quantitative estimate of drug-likeness (QED) is 0.457. The van der Waals surface area contributed by atoms with Crippen LogP contribution in [0.5, 0.6) is 11.5 Å². The van der Waals surface area contributed by atoms with Gasteiger partial charge in [-0.1, -0.05) is 19.9 Å². The summed E-state index contributed by atoms with van der Waals surface area (Å²) in [6, 6.07) is 5.79. The van der Waals surface area contributed by atoms with Crippen LogP contribution in [-0.4, -0.2) is 40.0 Å². The lowest BCUT2D eigenvalue weighted by Crippen LogP contribution is -2.25. The fraction of sp³-hybridized carbons (Fsp3) is 0.632. The third kappa shape index (κ3) is 6.40. The van der Waals surface area contributed by atoms with E-state index < -0.39 is 0 Å². The predicted molar refractivity (Wildman–Crippen MR) is 93.6 cm³/mol. The Balaban J connectivity index is 2.84. The Morgan fingerprint density at radius 1 is 1.12 bits per heavy atom. The Morgan fingerprint density at radius 3 is 2.46 bits per heavy atom. The summed E-state index contributed by atoms with van der Waals surface area (Å²) < 4.78 is 21.4. The molecule has 0 heterocycles. The first-order chi connectivity index (χ1) is 11.5. The molecule has 0 saturated heterocycles. The van der Waals surface area contributed by atoms with Gasteiger partial charge in [-0.05, 0) is 37.0 Å². The number of carbonyl (C=O) groups is 1. The Bertz CT molecular complexity index is 499. The molecular formula is C19H30O5. The third-order valence-electron chi connectivity index (χ3n) is 3.83. The highest BCUT2D eigenvalue weighted by atomic mass is 16.5. The van der Waals surface area contributed by atoms with Crippen molar-refractivity contribution in [3.8, 4) is 11.5 Å². The van der Waals surface area contributed by atoms with E-state index in [0.717, 1.165) is 12.0 Å². The molecule has 1 aromatic rings. The Morgan fingerprint density at radius 2 is 1.88 bits per heavy atom. The van der Waals surface area contributed by atoms with E-state index in [1.54, 1.807) is 14.2 Å². The van der Waals surface area contributed by atoms with Gasteiger partial charge in [0.2, 0.25) is 0 Å². The third-order valence-corrected chi connectivity index (χ3v) is 3.83. The topological polar surface area (TPSA) is 54.0 Å². The molecule has 5 nitrogen and oxygen atoms in total. The molecule has 0 N–H and O–H groups in total. The fourth-order valence-electron chi connectivity index (χ4n) is 2.44. The minimum absolute atomic E-state index is 0.147. The minimum Gasteiger partial charge on any atom is -0.493 e. The molecule has 24 heavy (non-hydrogen) atoms. The molecule has 1 rings (SSSR count). The van der Waals surface area contributed by atoms with Crippen molar-refractivity contribution in [3.05, 3.63) is 23.8 Å². The van der Waals surface area contributed by atoms with Crippen LogP contribution in [0.4, 0.5) is 0 Å². The van der Waals surface area contributed by atoms with Crippen LogP contribution in [0.1, 0.15) is 32.8 Å². The molecule has 0 saturated carbocycles. The molecule has 0 aliphatic rings. The average Bonchev–Trinajstić information content (AvgIpc) is 2.56. The van der Waals surface area contributed by atoms with Crippen LogP contribution in [0.25, 0.3) is 0 Å². The first-order valence-electron chi connectivity index (χ1n) is 8.48. The zero-order valence-corrected chi connectivity index (χ0v) is 15.5. The van der Waals surface area contributed by atoms with Crippen LogP contribution in [0.15, 0.2) is 18.2 Å². The lowest BCUT2D eigenvalue weighted by atomic mass is 9.89. The summed E-state index contributed by atoms with van der Waals surface area (Å²) in [6.07, 6.45) is 1.43. The van der Waals surface area contributed by atoms with E-state index in [4.69, 9.17) is 18.9 Å². The zero-order valence-electron chi connectivity index (χ0n) is 15.5. The number of hydrogen-bond acceptors (Lipinski definition) is 5. The summed E-state index contributed by atoms with van der Waals surface area (Å²) in [6.45, 7) is 7.51. The standard InChI is InChI=1S/C19H30O5/c1-6-23-19(20)16(14(2)3)12-15-8-9-17(22-5)18(13-15)24-11-7-10-21-4/h8-9,13-14,16H,6-7,10-12H2,1-5H3. The second-order valence-corrected chi connectivity index (χ2v) is 5.99. The highest BCUT2D eigenvalue weighted by Crippen LogP contribution is 2.30. The van der Waals surface area contributed by atoms with E-state index in [-0.39, 0.29) is 17.8 Å². The molecule has 0 fully saturated rings. The average molecular weight is 338 g/mol. The van der Waals surface area contributed by atoms with E-state index in [0.29, 0.717) is 37.7 Å². The van der Waals surface area contributed by atoms with Crippen molar-refractivity contribution >= 4 is 5.97 Å². The van der Waals surface area contributed by atoms with Gasteiger partial charge in [0.15, 0.2) is 11.5 Å². The van der Waals surface area contributed by atoms with E-state index in [9.17, 15) is 4.79 Å². The van der Waals surface area contributed by atoms with E-state index in [2.05, 4.69) is 0 Å². The van der Waals surface area contributed by atoms with Gasteiger partial charge in [0.1, 0.15) is 0 Å². The molecule has 0 aromatic heterocycles. The molecule has 1 unspecified atom stereocenters. The number of hydrogen-bond donors (Lipinski definition) is 0. The van der Waals surface area contributed by atoms with Crippen LogP contribution >= 0.6 is 0 Å². The maximum Gasteiger partial charge on any atom is 0.309 e. The molecule has 1 aromatic carbocycles. The summed E-state index contributed by atoms with van der Waals surface area (Å²) in [5.74, 6) is 1.27. The van der Waals surface area contributed by atoms with Gasteiger partial charge in [-0.3, -0.25) is 4.79 Å². The van der Waals surface area contributed by atoms with Crippen LogP contribution in [0.3, 0.4) is 0 Å². The largest absolute Gasteiger partial charge is 0.493 e. The predicted octanol–water partition coefficient (Wildman–Crippen LogP) is 3.49. The molecule has 5 heteroatoms. The second kappa shape index (κ2) is 10.9. The van der Waals surface area contributed by atoms with Gasteiger partial charge in [-0.25, -0.2) is 0 Å². The first-order valence-corrected chi connectivity index (χ1v) is 8.48. The Hall–Kier alpha value is -1.75. The number of esters is 1. The molecule has 0 spiro atoms. The number of carbonyl (C=O) groups excluding carboxylic acids is 1.